The number of carbonyl (C=O) groups is 2. The predicted molar refractivity (Wildman–Crippen MR) is 83.2 cm³/mol. The molecule has 1 saturated carbocycles. The van der Waals surface area contributed by atoms with Crippen molar-refractivity contribution in [1.82, 2.24) is 26.1 Å². The molecule has 0 aliphatic heterocycles. The number of urea groups is 1. The van der Waals surface area contributed by atoms with Crippen molar-refractivity contribution >= 4 is 11.9 Å². The van der Waals surface area contributed by atoms with Gasteiger partial charge in [0.15, 0.2) is 0 Å². The smallest absolute Gasteiger partial charge is 0.315 e. The van der Waals surface area contributed by atoms with Crippen LogP contribution in [0, 0.1) is 12.3 Å². The number of nitrogens with zero attached hydrogens (tertiary/aromatic N) is 1. The molecular formula is C15H21N5O3. The lowest BCUT2D eigenvalue weighted by molar-refractivity contribution is -0.124. The van der Waals surface area contributed by atoms with Crippen molar-refractivity contribution in [3.8, 4) is 12.3 Å². The Kier molecular flexibility index (Phi) is 5.60. The first-order chi connectivity index (χ1) is 11.0. The molecule has 1 heterocycles. The van der Waals surface area contributed by atoms with E-state index in [9.17, 15) is 14.7 Å². The second-order valence-corrected chi connectivity index (χ2v) is 5.56. The summed E-state index contributed by atoms with van der Waals surface area (Å²) < 4.78 is 0. The van der Waals surface area contributed by atoms with Gasteiger partial charge >= 0.3 is 6.03 Å². The van der Waals surface area contributed by atoms with E-state index in [0.29, 0.717) is 5.92 Å². The molecule has 0 radical (unpaired) electrons. The molecule has 0 spiro atoms. The summed E-state index contributed by atoms with van der Waals surface area (Å²) in [6.07, 6.45) is 6.32. The Hall–Kier alpha value is -2.53. The minimum atomic E-state index is -1.08. The van der Waals surface area contributed by atoms with Gasteiger partial charge in [-0.05, 0) is 25.8 Å². The van der Waals surface area contributed by atoms with Gasteiger partial charge in [-0.2, -0.15) is 5.10 Å². The van der Waals surface area contributed by atoms with Crippen LogP contribution < -0.4 is 16.0 Å². The Morgan fingerprint density at radius 3 is 2.87 bits per heavy atom. The summed E-state index contributed by atoms with van der Waals surface area (Å²) in [7, 11) is 0. The number of rotatable bonds is 7. The van der Waals surface area contributed by atoms with E-state index in [4.69, 9.17) is 6.42 Å². The highest BCUT2D eigenvalue weighted by atomic mass is 16.3. The second kappa shape index (κ2) is 7.65. The molecule has 2 atom stereocenters. The average Bonchev–Trinajstić information content (AvgIpc) is 3.26. The quantitative estimate of drug-likeness (QED) is 0.439. The monoisotopic (exact) mass is 319 g/mol. The second-order valence-electron chi connectivity index (χ2n) is 5.56. The van der Waals surface area contributed by atoms with Crippen LogP contribution in [0.5, 0.6) is 0 Å². The van der Waals surface area contributed by atoms with Gasteiger partial charge in [0.1, 0.15) is 6.04 Å². The number of amides is 3. The maximum Gasteiger partial charge on any atom is 0.315 e. The molecule has 23 heavy (non-hydrogen) atoms. The van der Waals surface area contributed by atoms with Crippen LogP contribution in [0.2, 0.25) is 0 Å². The van der Waals surface area contributed by atoms with Crippen molar-refractivity contribution in [3.05, 3.63) is 17.5 Å². The number of aliphatic hydroxyl groups is 1. The fraction of sp³-hybridized carbons (Fsp3) is 0.533. The maximum absolute atomic E-state index is 11.9. The van der Waals surface area contributed by atoms with Crippen LogP contribution in [-0.2, 0) is 11.3 Å². The Morgan fingerprint density at radius 2 is 2.26 bits per heavy atom. The lowest BCUT2D eigenvalue weighted by Crippen LogP contribution is -2.54. The summed E-state index contributed by atoms with van der Waals surface area (Å²) in [5, 5.41) is 24.1. The SMILES string of the molecule is C#CCNC(=O)[C@@H](NC(=O)NCc1cc(C2CC2)n[nH]1)[C@@H](C)O. The van der Waals surface area contributed by atoms with Crippen LogP contribution in [-0.4, -0.2) is 45.9 Å². The molecule has 0 saturated heterocycles. The topological polar surface area (TPSA) is 119 Å². The third-order valence-electron chi connectivity index (χ3n) is 3.50. The summed E-state index contributed by atoms with van der Waals surface area (Å²) in [5.41, 5.74) is 1.80. The van der Waals surface area contributed by atoms with Crippen molar-refractivity contribution in [2.24, 2.45) is 0 Å². The summed E-state index contributed by atoms with van der Waals surface area (Å²) in [4.78, 5) is 23.7. The summed E-state index contributed by atoms with van der Waals surface area (Å²) in [5.74, 6) is 2.25. The van der Waals surface area contributed by atoms with Gasteiger partial charge in [0.05, 0.1) is 30.6 Å². The summed E-state index contributed by atoms with van der Waals surface area (Å²) >= 11 is 0. The molecule has 1 aromatic heterocycles. The molecule has 1 fully saturated rings. The van der Waals surface area contributed by atoms with Gasteiger partial charge in [-0.25, -0.2) is 4.79 Å². The molecule has 124 valence electrons. The number of nitrogens with one attached hydrogen (secondary N) is 4. The molecule has 8 nitrogen and oxygen atoms in total. The van der Waals surface area contributed by atoms with Crippen molar-refractivity contribution in [1.29, 1.82) is 0 Å². The Morgan fingerprint density at radius 1 is 1.52 bits per heavy atom. The van der Waals surface area contributed by atoms with Crippen LogP contribution in [0.4, 0.5) is 4.79 Å². The lowest BCUT2D eigenvalue weighted by atomic mass is 10.1. The number of terminal acetylenes is 1. The number of aliphatic hydroxyl groups excluding tert-OH is 1. The van der Waals surface area contributed by atoms with Crippen molar-refractivity contribution < 1.29 is 14.7 Å². The van der Waals surface area contributed by atoms with Crippen LogP contribution in [0.25, 0.3) is 0 Å². The zero-order chi connectivity index (χ0) is 16.8. The van der Waals surface area contributed by atoms with Gasteiger partial charge < -0.3 is 21.1 Å². The van der Waals surface area contributed by atoms with Crippen molar-refractivity contribution in [2.45, 2.75) is 44.4 Å². The van der Waals surface area contributed by atoms with Gasteiger partial charge in [0.2, 0.25) is 5.91 Å². The molecule has 1 aliphatic rings. The van der Waals surface area contributed by atoms with E-state index in [2.05, 4.69) is 32.1 Å². The van der Waals surface area contributed by atoms with Crippen LogP contribution >= 0.6 is 0 Å². The molecule has 1 aliphatic carbocycles. The van der Waals surface area contributed by atoms with Gasteiger partial charge in [-0.1, -0.05) is 5.92 Å². The maximum atomic E-state index is 11.9. The molecule has 8 heteroatoms. The van der Waals surface area contributed by atoms with Crippen LogP contribution in [0.1, 0.15) is 37.1 Å². The van der Waals surface area contributed by atoms with E-state index in [0.717, 1.165) is 24.2 Å². The Balaban J connectivity index is 1.80. The molecule has 1 aromatic rings. The summed E-state index contributed by atoms with van der Waals surface area (Å²) in [6.45, 7) is 1.70. The van der Waals surface area contributed by atoms with Gasteiger partial charge in [-0.15, -0.1) is 6.42 Å². The molecule has 0 aromatic carbocycles. The standard InChI is InChI=1S/C15H21N5O3/c1-3-6-16-14(22)13(9(2)21)18-15(23)17-8-11-7-12(20-19-11)10-4-5-10/h1,7,9-10,13,21H,4-6,8H2,2H3,(H,16,22)(H,19,20)(H2,17,18,23)/t9-,13+/m1/s1. The zero-order valence-corrected chi connectivity index (χ0v) is 12.9. The van der Waals surface area contributed by atoms with E-state index in [1.54, 1.807) is 0 Å². The highest BCUT2D eigenvalue weighted by molar-refractivity contribution is 5.87. The third kappa shape index (κ3) is 5.00. The molecule has 3 amide bonds. The van der Waals surface area contributed by atoms with E-state index < -0.39 is 24.1 Å². The Bertz CT molecular complexity index is 600. The molecular weight excluding hydrogens is 298 g/mol. The molecule has 2 rings (SSSR count). The molecule has 5 N–H and O–H groups in total. The van der Waals surface area contributed by atoms with Crippen LogP contribution in [0.3, 0.4) is 0 Å². The molecule has 0 bridgehead atoms. The first kappa shape index (κ1) is 16.8. The number of aromatic nitrogens is 2. The highest BCUT2D eigenvalue weighted by Gasteiger charge is 2.27. The van der Waals surface area contributed by atoms with Crippen molar-refractivity contribution in [3.63, 3.8) is 0 Å². The largest absolute Gasteiger partial charge is 0.391 e. The number of hydrogen-bond donors (Lipinski definition) is 5. The lowest BCUT2D eigenvalue weighted by Gasteiger charge is -2.20. The predicted octanol–water partition coefficient (Wildman–Crippen LogP) is -0.415. The van der Waals surface area contributed by atoms with Gasteiger partial charge in [0.25, 0.3) is 0 Å². The number of aromatic amines is 1. The first-order valence-electron chi connectivity index (χ1n) is 7.49. The van der Waals surface area contributed by atoms with Crippen molar-refractivity contribution in [2.75, 3.05) is 6.54 Å². The van der Waals surface area contributed by atoms with E-state index in [1.807, 2.05) is 6.07 Å². The Labute approximate surface area is 134 Å². The minimum Gasteiger partial charge on any atom is -0.391 e. The van der Waals surface area contributed by atoms with Gasteiger partial charge in [-0.3, -0.25) is 9.89 Å². The normalized spacial score (nSPS) is 16.0. The van der Waals surface area contributed by atoms with Crippen LogP contribution in [0.15, 0.2) is 6.07 Å². The zero-order valence-electron chi connectivity index (χ0n) is 12.9. The number of hydrogen-bond acceptors (Lipinski definition) is 4. The van der Waals surface area contributed by atoms with E-state index in [-0.39, 0.29) is 13.1 Å². The fourth-order valence-electron chi connectivity index (χ4n) is 2.08. The first-order valence-corrected chi connectivity index (χ1v) is 7.49. The third-order valence-corrected chi connectivity index (χ3v) is 3.50. The molecule has 0 unspecified atom stereocenters. The highest BCUT2D eigenvalue weighted by Crippen LogP contribution is 2.38. The number of H-pyrrole nitrogens is 1. The summed E-state index contributed by atoms with van der Waals surface area (Å²) in [6, 6.07) is 0.283. The fourth-order valence-corrected chi connectivity index (χ4v) is 2.08. The van der Waals surface area contributed by atoms with E-state index >= 15 is 0 Å². The van der Waals surface area contributed by atoms with E-state index in [1.165, 1.54) is 6.92 Å². The average molecular weight is 319 g/mol. The van der Waals surface area contributed by atoms with Gasteiger partial charge in [0, 0.05) is 5.92 Å². The number of carbonyl (C=O) groups excluding carboxylic acids is 2. The minimum absolute atomic E-state index is 0.0312.